The minimum atomic E-state index is -1.96. The molecule has 1 N–H and O–H groups in total. The molecule has 5 heteroatoms. The van der Waals surface area contributed by atoms with Gasteiger partial charge in [-0.05, 0) is 28.8 Å². The van der Waals surface area contributed by atoms with Crippen LogP contribution in [0.15, 0.2) is 78.9 Å². The number of carbonyl (C=O) groups is 1. The van der Waals surface area contributed by atoms with E-state index in [4.69, 9.17) is 9.47 Å². The summed E-state index contributed by atoms with van der Waals surface area (Å²) < 4.78 is 24.0. The standard InChI is InChI=1S/C22H19FO4/c1-26-20-13-12-16(14-19(20)23)15-27-21(24)22(25,17-8-4-2-5-9-17)18-10-6-3-7-11-18/h2-14,25H,15H2,1H3. The number of rotatable bonds is 6. The first-order valence-electron chi connectivity index (χ1n) is 8.38. The summed E-state index contributed by atoms with van der Waals surface area (Å²) in [4.78, 5) is 12.9. The number of carbonyl (C=O) groups excluding carboxylic acids is 1. The first-order chi connectivity index (χ1) is 13.1. The van der Waals surface area contributed by atoms with Crippen molar-refractivity contribution >= 4 is 5.97 Å². The SMILES string of the molecule is COc1ccc(COC(=O)C(O)(c2ccccc2)c2ccccc2)cc1F. The minimum Gasteiger partial charge on any atom is -0.494 e. The van der Waals surface area contributed by atoms with Gasteiger partial charge < -0.3 is 14.6 Å². The highest BCUT2D eigenvalue weighted by atomic mass is 19.1. The molecule has 0 saturated heterocycles. The maximum atomic E-state index is 13.8. The zero-order valence-electron chi connectivity index (χ0n) is 14.8. The highest BCUT2D eigenvalue weighted by Crippen LogP contribution is 2.31. The average Bonchev–Trinajstić information content (AvgIpc) is 2.72. The van der Waals surface area contributed by atoms with Crippen molar-refractivity contribution in [2.75, 3.05) is 7.11 Å². The Morgan fingerprint density at radius 2 is 1.52 bits per heavy atom. The summed E-state index contributed by atoms with van der Waals surface area (Å²) in [7, 11) is 1.37. The number of benzene rings is 3. The molecule has 3 aromatic rings. The Labute approximate surface area is 156 Å². The summed E-state index contributed by atoms with van der Waals surface area (Å²) in [6, 6.07) is 21.4. The predicted octanol–water partition coefficient (Wildman–Crippen LogP) is 3.81. The van der Waals surface area contributed by atoms with E-state index in [1.54, 1.807) is 66.7 Å². The normalized spacial score (nSPS) is 11.1. The van der Waals surface area contributed by atoms with Crippen LogP contribution < -0.4 is 4.74 Å². The molecule has 3 aromatic carbocycles. The van der Waals surface area contributed by atoms with E-state index in [0.29, 0.717) is 16.7 Å². The fourth-order valence-electron chi connectivity index (χ4n) is 2.81. The molecule has 0 amide bonds. The highest BCUT2D eigenvalue weighted by Gasteiger charge is 2.41. The van der Waals surface area contributed by atoms with E-state index in [9.17, 15) is 14.3 Å². The summed E-state index contributed by atoms with van der Waals surface area (Å²) in [5, 5.41) is 11.3. The van der Waals surface area contributed by atoms with Crippen molar-refractivity contribution < 1.29 is 23.8 Å². The largest absolute Gasteiger partial charge is 0.494 e. The van der Waals surface area contributed by atoms with Crippen molar-refractivity contribution in [3.63, 3.8) is 0 Å². The Bertz CT molecular complexity index is 871. The molecule has 27 heavy (non-hydrogen) atoms. The Morgan fingerprint density at radius 1 is 0.963 bits per heavy atom. The van der Waals surface area contributed by atoms with Gasteiger partial charge in [0, 0.05) is 0 Å². The van der Waals surface area contributed by atoms with Crippen molar-refractivity contribution in [3.8, 4) is 5.75 Å². The quantitative estimate of drug-likeness (QED) is 0.674. The molecule has 0 unspecified atom stereocenters. The van der Waals surface area contributed by atoms with Gasteiger partial charge in [0.05, 0.1) is 7.11 Å². The Hall–Kier alpha value is -3.18. The first-order valence-corrected chi connectivity index (χ1v) is 8.38. The van der Waals surface area contributed by atoms with Gasteiger partial charge in [0.1, 0.15) is 6.61 Å². The van der Waals surface area contributed by atoms with Gasteiger partial charge >= 0.3 is 5.97 Å². The molecule has 138 valence electrons. The number of hydrogen-bond donors (Lipinski definition) is 1. The average molecular weight is 366 g/mol. The number of esters is 1. The Morgan fingerprint density at radius 3 is 2.00 bits per heavy atom. The maximum Gasteiger partial charge on any atom is 0.348 e. The molecule has 0 aliphatic heterocycles. The van der Waals surface area contributed by atoms with E-state index < -0.39 is 17.4 Å². The van der Waals surface area contributed by atoms with Gasteiger partial charge in [-0.1, -0.05) is 66.7 Å². The fourth-order valence-corrected chi connectivity index (χ4v) is 2.81. The summed E-state index contributed by atoms with van der Waals surface area (Å²) >= 11 is 0. The van der Waals surface area contributed by atoms with Crippen LogP contribution in [0.2, 0.25) is 0 Å². The van der Waals surface area contributed by atoms with E-state index in [1.807, 2.05) is 0 Å². The lowest BCUT2D eigenvalue weighted by molar-refractivity contribution is -0.163. The molecule has 0 bridgehead atoms. The zero-order chi connectivity index (χ0) is 19.3. The molecule has 0 spiro atoms. The van der Waals surface area contributed by atoms with Crippen LogP contribution in [-0.4, -0.2) is 18.2 Å². The predicted molar refractivity (Wildman–Crippen MR) is 98.6 cm³/mol. The number of aliphatic hydroxyl groups is 1. The van der Waals surface area contributed by atoms with Crippen molar-refractivity contribution in [1.29, 1.82) is 0 Å². The lowest BCUT2D eigenvalue weighted by Crippen LogP contribution is -2.38. The second-order valence-corrected chi connectivity index (χ2v) is 5.99. The number of methoxy groups -OCH3 is 1. The van der Waals surface area contributed by atoms with Crippen molar-refractivity contribution in [3.05, 3.63) is 101 Å². The summed E-state index contributed by atoms with van der Waals surface area (Å²) in [6.07, 6.45) is 0. The number of hydrogen-bond acceptors (Lipinski definition) is 4. The van der Waals surface area contributed by atoms with Crippen molar-refractivity contribution in [2.24, 2.45) is 0 Å². The monoisotopic (exact) mass is 366 g/mol. The Balaban J connectivity index is 1.87. The van der Waals surface area contributed by atoms with Crippen LogP contribution in [0.25, 0.3) is 0 Å². The van der Waals surface area contributed by atoms with Gasteiger partial charge in [-0.3, -0.25) is 0 Å². The smallest absolute Gasteiger partial charge is 0.348 e. The second kappa shape index (κ2) is 8.01. The number of ether oxygens (including phenoxy) is 2. The van der Waals surface area contributed by atoms with Gasteiger partial charge in [0.2, 0.25) is 5.60 Å². The summed E-state index contributed by atoms with van der Waals surface area (Å²) in [5.74, 6) is -1.28. The molecule has 0 atom stereocenters. The minimum absolute atomic E-state index is 0.107. The van der Waals surface area contributed by atoms with Crippen LogP contribution in [0.4, 0.5) is 4.39 Å². The fraction of sp³-hybridized carbons (Fsp3) is 0.136. The van der Waals surface area contributed by atoms with Gasteiger partial charge in [-0.25, -0.2) is 9.18 Å². The third-order valence-electron chi connectivity index (χ3n) is 4.26. The molecule has 0 heterocycles. The molecule has 0 aliphatic rings. The summed E-state index contributed by atoms with van der Waals surface area (Å²) in [5.41, 5.74) is -0.734. The molecule has 0 fully saturated rings. The van der Waals surface area contributed by atoms with E-state index in [1.165, 1.54) is 19.2 Å². The summed E-state index contributed by atoms with van der Waals surface area (Å²) in [6.45, 7) is -0.179. The molecule has 4 nitrogen and oxygen atoms in total. The third-order valence-corrected chi connectivity index (χ3v) is 4.26. The molecule has 0 aliphatic carbocycles. The van der Waals surface area contributed by atoms with Crippen molar-refractivity contribution in [1.82, 2.24) is 0 Å². The van der Waals surface area contributed by atoms with Crippen LogP contribution in [0.1, 0.15) is 16.7 Å². The van der Waals surface area contributed by atoms with Gasteiger partial charge in [0.15, 0.2) is 11.6 Å². The molecule has 0 saturated carbocycles. The zero-order valence-corrected chi connectivity index (χ0v) is 14.8. The van der Waals surface area contributed by atoms with E-state index in [2.05, 4.69) is 0 Å². The number of halogens is 1. The second-order valence-electron chi connectivity index (χ2n) is 5.99. The molecule has 0 aromatic heterocycles. The molecule has 0 radical (unpaired) electrons. The van der Waals surface area contributed by atoms with Crippen LogP contribution in [0.5, 0.6) is 5.75 Å². The Kier molecular flexibility index (Phi) is 5.52. The van der Waals surface area contributed by atoms with Crippen LogP contribution in [0.3, 0.4) is 0 Å². The third kappa shape index (κ3) is 3.83. The topological polar surface area (TPSA) is 55.8 Å². The maximum absolute atomic E-state index is 13.8. The molecular weight excluding hydrogens is 347 g/mol. The molecular formula is C22H19FO4. The highest BCUT2D eigenvalue weighted by molar-refractivity contribution is 5.85. The first kappa shape index (κ1) is 18.6. The van der Waals surface area contributed by atoms with Crippen LogP contribution in [0, 0.1) is 5.82 Å². The van der Waals surface area contributed by atoms with Gasteiger partial charge in [-0.2, -0.15) is 0 Å². The van der Waals surface area contributed by atoms with Gasteiger partial charge in [-0.15, -0.1) is 0 Å². The van der Waals surface area contributed by atoms with Gasteiger partial charge in [0.25, 0.3) is 0 Å². The van der Waals surface area contributed by atoms with Crippen LogP contribution >= 0.6 is 0 Å². The van der Waals surface area contributed by atoms with E-state index in [0.717, 1.165) is 0 Å². The molecule has 3 rings (SSSR count). The lowest BCUT2D eigenvalue weighted by atomic mass is 9.86. The van der Waals surface area contributed by atoms with Crippen LogP contribution in [-0.2, 0) is 21.7 Å². The lowest BCUT2D eigenvalue weighted by Gasteiger charge is -2.27. The van der Waals surface area contributed by atoms with E-state index in [-0.39, 0.29) is 12.4 Å². The van der Waals surface area contributed by atoms with Crippen molar-refractivity contribution in [2.45, 2.75) is 12.2 Å². The van der Waals surface area contributed by atoms with E-state index >= 15 is 0 Å².